The summed E-state index contributed by atoms with van der Waals surface area (Å²) in [5.41, 5.74) is -0.475. The Labute approximate surface area is 122 Å². The molecule has 100 valence electrons. The van der Waals surface area contributed by atoms with E-state index in [1.54, 1.807) is 11.3 Å². The number of nitrogens with zero attached hydrogens (tertiary/aromatic N) is 1. The molecule has 1 amide bonds. The molecule has 2 nitrogen and oxygen atoms in total. The van der Waals surface area contributed by atoms with Gasteiger partial charge in [-0.25, -0.2) is 0 Å². The van der Waals surface area contributed by atoms with Crippen molar-refractivity contribution in [2.75, 3.05) is 18.2 Å². The fraction of sp³-hybridized carbons (Fsp3) is 0.615. The van der Waals surface area contributed by atoms with Crippen LogP contribution in [-0.4, -0.2) is 29.0 Å². The SMILES string of the molecule is Cc1ccc(C2SCCN2C(=O)C(C)(C)CCl)s1. The lowest BCUT2D eigenvalue weighted by Gasteiger charge is -2.30. The standard InChI is InChI=1S/C13H18ClNOS2/c1-9-4-5-10(18-9)11-15(6-7-17-11)12(16)13(2,3)8-14/h4-5,11H,6-8H2,1-3H3. The predicted octanol–water partition coefficient (Wildman–Crippen LogP) is 3.90. The molecule has 0 radical (unpaired) electrons. The fourth-order valence-electron chi connectivity index (χ4n) is 1.95. The fourth-order valence-corrected chi connectivity index (χ4v) is 4.43. The highest BCUT2D eigenvalue weighted by molar-refractivity contribution is 7.99. The van der Waals surface area contributed by atoms with Crippen molar-refractivity contribution >= 4 is 40.6 Å². The van der Waals surface area contributed by atoms with E-state index in [1.165, 1.54) is 9.75 Å². The van der Waals surface area contributed by atoms with Gasteiger partial charge in [-0.3, -0.25) is 4.79 Å². The van der Waals surface area contributed by atoms with Gasteiger partial charge in [0, 0.05) is 27.9 Å². The molecule has 0 aliphatic carbocycles. The van der Waals surface area contributed by atoms with E-state index in [1.807, 2.05) is 30.5 Å². The molecule has 0 spiro atoms. The van der Waals surface area contributed by atoms with Crippen molar-refractivity contribution < 1.29 is 4.79 Å². The Morgan fingerprint density at radius 1 is 1.56 bits per heavy atom. The molecule has 0 bridgehead atoms. The quantitative estimate of drug-likeness (QED) is 0.790. The largest absolute Gasteiger partial charge is 0.324 e. The number of carbonyl (C=O) groups excluding carboxylic acids is 1. The van der Waals surface area contributed by atoms with E-state index in [-0.39, 0.29) is 11.3 Å². The second-order valence-electron chi connectivity index (χ2n) is 5.19. The zero-order valence-corrected chi connectivity index (χ0v) is 13.3. The number of amides is 1. The molecule has 2 rings (SSSR count). The predicted molar refractivity (Wildman–Crippen MR) is 80.5 cm³/mol. The van der Waals surface area contributed by atoms with E-state index >= 15 is 0 Å². The van der Waals surface area contributed by atoms with Crippen LogP contribution in [0.25, 0.3) is 0 Å². The van der Waals surface area contributed by atoms with E-state index < -0.39 is 5.41 Å². The van der Waals surface area contributed by atoms with Gasteiger partial charge in [0.15, 0.2) is 0 Å². The molecule has 1 saturated heterocycles. The van der Waals surface area contributed by atoms with Crippen LogP contribution in [0.1, 0.15) is 29.0 Å². The monoisotopic (exact) mass is 303 g/mol. The molecule has 1 atom stereocenters. The lowest BCUT2D eigenvalue weighted by Crippen LogP contribution is -2.41. The number of aryl methyl sites for hydroxylation is 1. The molecule has 0 saturated carbocycles. The summed E-state index contributed by atoms with van der Waals surface area (Å²) in [5.74, 6) is 1.54. The summed E-state index contributed by atoms with van der Waals surface area (Å²) < 4.78 is 0. The third-order valence-corrected chi connectivity index (χ3v) is 6.18. The van der Waals surface area contributed by atoms with Gasteiger partial charge in [-0.2, -0.15) is 0 Å². The van der Waals surface area contributed by atoms with Gasteiger partial charge in [0.1, 0.15) is 5.37 Å². The van der Waals surface area contributed by atoms with E-state index in [9.17, 15) is 4.79 Å². The minimum atomic E-state index is -0.475. The molecule has 1 aliphatic heterocycles. The molecule has 2 heterocycles. The molecule has 1 unspecified atom stereocenters. The molecular weight excluding hydrogens is 286 g/mol. The van der Waals surface area contributed by atoms with Crippen molar-refractivity contribution in [2.45, 2.75) is 26.1 Å². The third-order valence-electron chi connectivity index (χ3n) is 3.07. The maximum absolute atomic E-state index is 12.5. The Hall–Kier alpha value is -0.190. The van der Waals surface area contributed by atoms with E-state index in [0.29, 0.717) is 5.88 Å². The van der Waals surface area contributed by atoms with Crippen molar-refractivity contribution in [3.05, 3.63) is 21.9 Å². The van der Waals surface area contributed by atoms with Crippen LogP contribution < -0.4 is 0 Å². The molecule has 5 heteroatoms. The molecule has 1 aromatic heterocycles. The minimum absolute atomic E-state index is 0.165. The summed E-state index contributed by atoms with van der Waals surface area (Å²) in [5, 5.41) is 0.179. The number of alkyl halides is 1. The summed E-state index contributed by atoms with van der Waals surface area (Å²) in [7, 11) is 0. The van der Waals surface area contributed by atoms with Crippen LogP contribution in [0, 0.1) is 12.3 Å². The molecule has 0 N–H and O–H groups in total. The smallest absolute Gasteiger partial charge is 0.230 e. The Morgan fingerprint density at radius 3 is 2.83 bits per heavy atom. The lowest BCUT2D eigenvalue weighted by molar-refractivity contribution is -0.139. The summed E-state index contributed by atoms with van der Waals surface area (Å²) in [6.07, 6.45) is 0. The van der Waals surface area contributed by atoms with Crippen LogP contribution in [0.5, 0.6) is 0 Å². The van der Waals surface area contributed by atoms with Crippen molar-refractivity contribution in [1.29, 1.82) is 0 Å². The van der Waals surface area contributed by atoms with Crippen LogP contribution in [0.15, 0.2) is 12.1 Å². The Bertz CT molecular complexity index is 444. The van der Waals surface area contributed by atoms with Gasteiger partial charge < -0.3 is 4.90 Å². The zero-order valence-electron chi connectivity index (χ0n) is 10.9. The maximum Gasteiger partial charge on any atom is 0.230 e. The normalized spacial score (nSPS) is 20.4. The van der Waals surface area contributed by atoms with Crippen LogP contribution in [0.4, 0.5) is 0 Å². The first-order valence-corrected chi connectivity index (χ1v) is 8.40. The van der Waals surface area contributed by atoms with Crippen molar-refractivity contribution in [1.82, 2.24) is 4.90 Å². The first-order chi connectivity index (χ1) is 8.45. The van der Waals surface area contributed by atoms with E-state index in [4.69, 9.17) is 11.6 Å². The molecular formula is C13H18ClNOS2. The van der Waals surface area contributed by atoms with E-state index in [0.717, 1.165) is 12.3 Å². The highest BCUT2D eigenvalue weighted by Gasteiger charge is 2.38. The number of halogens is 1. The summed E-state index contributed by atoms with van der Waals surface area (Å²) >= 11 is 9.53. The van der Waals surface area contributed by atoms with Crippen LogP contribution in [-0.2, 0) is 4.79 Å². The second-order valence-corrected chi connectivity index (χ2v) is 7.96. The van der Waals surface area contributed by atoms with Crippen molar-refractivity contribution in [3.8, 4) is 0 Å². The molecule has 0 aromatic carbocycles. The summed E-state index contributed by atoms with van der Waals surface area (Å²) in [4.78, 5) is 17.1. The van der Waals surface area contributed by atoms with Gasteiger partial charge >= 0.3 is 0 Å². The Kier molecular flexibility index (Phi) is 4.29. The van der Waals surface area contributed by atoms with Crippen molar-refractivity contribution in [2.24, 2.45) is 5.41 Å². The highest BCUT2D eigenvalue weighted by atomic mass is 35.5. The molecule has 1 fully saturated rings. The lowest BCUT2D eigenvalue weighted by atomic mass is 9.94. The van der Waals surface area contributed by atoms with E-state index in [2.05, 4.69) is 19.1 Å². The molecule has 1 aromatic rings. The highest BCUT2D eigenvalue weighted by Crippen LogP contribution is 2.42. The van der Waals surface area contributed by atoms with Crippen LogP contribution >= 0.6 is 34.7 Å². The Balaban J connectivity index is 2.20. The third kappa shape index (κ3) is 2.70. The zero-order chi connectivity index (χ0) is 13.3. The van der Waals surface area contributed by atoms with Gasteiger partial charge in [0.25, 0.3) is 0 Å². The number of thiophene rings is 1. The van der Waals surface area contributed by atoms with Gasteiger partial charge in [-0.15, -0.1) is 34.7 Å². The summed E-state index contributed by atoms with van der Waals surface area (Å²) in [6, 6.07) is 4.26. The number of thioether (sulfide) groups is 1. The van der Waals surface area contributed by atoms with Gasteiger partial charge in [0.2, 0.25) is 5.91 Å². The molecule has 1 aliphatic rings. The average molecular weight is 304 g/mol. The van der Waals surface area contributed by atoms with Crippen LogP contribution in [0.2, 0.25) is 0 Å². The molecule has 18 heavy (non-hydrogen) atoms. The first-order valence-electron chi connectivity index (χ1n) is 6.00. The Morgan fingerprint density at radius 2 is 2.28 bits per heavy atom. The topological polar surface area (TPSA) is 20.3 Å². The second kappa shape index (κ2) is 5.43. The average Bonchev–Trinajstić information content (AvgIpc) is 2.95. The number of hydrogen-bond acceptors (Lipinski definition) is 3. The van der Waals surface area contributed by atoms with Gasteiger partial charge in [-0.05, 0) is 32.9 Å². The van der Waals surface area contributed by atoms with Gasteiger partial charge in [0.05, 0.1) is 5.41 Å². The van der Waals surface area contributed by atoms with Gasteiger partial charge in [-0.1, -0.05) is 0 Å². The number of hydrogen-bond donors (Lipinski definition) is 0. The maximum atomic E-state index is 12.5. The van der Waals surface area contributed by atoms with Crippen molar-refractivity contribution in [3.63, 3.8) is 0 Å². The number of rotatable bonds is 3. The van der Waals surface area contributed by atoms with Crippen LogP contribution in [0.3, 0.4) is 0 Å². The number of carbonyl (C=O) groups is 1. The first kappa shape index (κ1) is 14.2. The summed E-state index contributed by atoms with van der Waals surface area (Å²) in [6.45, 7) is 6.76. The minimum Gasteiger partial charge on any atom is -0.324 e.